The minimum atomic E-state index is -0.410. The first-order valence-electron chi connectivity index (χ1n) is 7.81. The number of hydrogen-bond acceptors (Lipinski definition) is 6. The van der Waals surface area contributed by atoms with E-state index in [2.05, 4.69) is 20.5 Å². The summed E-state index contributed by atoms with van der Waals surface area (Å²) in [5.74, 6) is -0.754. The Morgan fingerprint density at radius 3 is 2.73 bits per heavy atom. The number of nitrogens with one attached hydrogen (secondary N) is 2. The summed E-state index contributed by atoms with van der Waals surface area (Å²) in [6, 6.07) is 14.7. The molecule has 0 aliphatic rings. The smallest absolute Gasteiger partial charge is 0.337 e. The van der Waals surface area contributed by atoms with E-state index in [4.69, 9.17) is 10.5 Å². The molecule has 0 atom stereocenters. The molecule has 2 aromatic carbocycles. The van der Waals surface area contributed by atoms with Crippen molar-refractivity contribution in [3.63, 3.8) is 0 Å². The second kappa shape index (κ2) is 7.47. The van der Waals surface area contributed by atoms with E-state index in [0.29, 0.717) is 5.56 Å². The van der Waals surface area contributed by atoms with E-state index in [0.717, 1.165) is 16.7 Å². The predicted octanol–water partition coefficient (Wildman–Crippen LogP) is 1.77. The number of amides is 1. The van der Waals surface area contributed by atoms with Crippen LogP contribution in [-0.2, 0) is 11.3 Å². The highest BCUT2D eigenvalue weighted by Gasteiger charge is 2.13. The van der Waals surface area contributed by atoms with Gasteiger partial charge in [-0.05, 0) is 28.8 Å². The van der Waals surface area contributed by atoms with Crippen molar-refractivity contribution in [2.75, 3.05) is 12.8 Å². The van der Waals surface area contributed by atoms with E-state index in [9.17, 15) is 9.59 Å². The molecule has 0 radical (unpaired) electrons. The van der Waals surface area contributed by atoms with Crippen LogP contribution in [-0.4, -0.2) is 34.2 Å². The molecule has 0 unspecified atom stereocenters. The number of carbonyl (C=O) groups is 2. The first kappa shape index (κ1) is 17.2. The van der Waals surface area contributed by atoms with Gasteiger partial charge in [-0.2, -0.15) is 4.98 Å². The number of nitrogens with two attached hydrogens (primary N) is 1. The molecule has 0 fully saturated rings. The number of methoxy groups -OCH3 is 1. The normalized spacial score (nSPS) is 10.3. The molecule has 8 heteroatoms. The zero-order chi connectivity index (χ0) is 18.5. The first-order valence-corrected chi connectivity index (χ1v) is 7.81. The van der Waals surface area contributed by atoms with Crippen LogP contribution in [0.1, 0.15) is 26.5 Å². The van der Waals surface area contributed by atoms with Crippen LogP contribution in [0.4, 0.5) is 5.95 Å². The molecule has 4 N–H and O–H groups in total. The quantitative estimate of drug-likeness (QED) is 0.602. The lowest BCUT2D eigenvalue weighted by Gasteiger charge is -2.11. The van der Waals surface area contributed by atoms with Gasteiger partial charge in [0.15, 0.2) is 0 Å². The van der Waals surface area contributed by atoms with Crippen LogP contribution in [0, 0.1) is 0 Å². The van der Waals surface area contributed by atoms with E-state index in [1.54, 1.807) is 18.2 Å². The Morgan fingerprint density at radius 2 is 2.00 bits per heavy atom. The predicted molar refractivity (Wildman–Crippen MR) is 95.2 cm³/mol. The monoisotopic (exact) mass is 351 g/mol. The molecule has 1 amide bonds. The van der Waals surface area contributed by atoms with Crippen molar-refractivity contribution >= 4 is 17.8 Å². The highest BCUT2D eigenvalue weighted by atomic mass is 16.5. The molecule has 1 heterocycles. The number of nitrogens with zero attached hydrogens (tertiary/aromatic N) is 2. The molecule has 0 saturated carbocycles. The maximum absolute atomic E-state index is 12.1. The lowest BCUT2D eigenvalue weighted by Crippen LogP contribution is -2.24. The number of anilines is 1. The minimum absolute atomic E-state index is 0.00942. The van der Waals surface area contributed by atoms with Crippen molar-refractivity contribution in [2.45, 2.75) is 6.54 Å². The van der Waals surface area contributed by atoms with Gasteiger partial charge in [-0.1, -0.05) is 36.4 Å². The van der Waals surface area contributed by atoms with Crippen molar-refractivity contribution < 1.29 is 14.3 Å². The van der Waals surface area contributed by atoms with Crippen molar-refractivity contribution in [2.24, 2.45) is 0 Å². The molecule has 0 spiro atoms. The van der Waals surface area contributed by atoms with Crippen molar-refractivity contribution in [1.29, 1.82) is 0 Å². The van der Waals surface area contributed by atoms with Gasteiger partial charge < -0.3 is 15.8 Å². The third-order valence-electron chi connectivity index (χ3n) is 3.77. The highest BCUT2D eigenvalue weighted by Crippen LogP contribution is 2.25. The van der Waals surface area contributed by atoms with Gasteiger partial charge >= 0.3 is 5.97 Å². The Hall–Kier alpha value is -3.68. The molecule has 0 saturated heterocycles. The maximum Gasteiger partial charge on any atom is 0.337 e. The largest absolute Gasteiger partial charge is 0.465 e. The SMILES string of the molecule is COC(=O)c1cccc(-c2ccccc2CNC(=O)c2nc(N)n[nH]2)c1. The minimum Gasteiger partial charge on any atom is -0.465 e. The van der Waals surface area contributed by atoms with Gasteiger partial charge in [-0.25, -0.2) is 4.79 Å². The number of aromatic amines is 1. The van der Waals surface area contributed by atoms with E-state index in [-0.39, 0.29) is 18.3 Å². The molecule has 0 aliphatic carbocycles. The van der Waals surface area contributed by atoms with E-state index in [1.807, 2.05) is 30.3 Å². The van der Waals surface area contributed by atoms with Crippen molar-refractivity contribution in [3.8, 4) is 11.1 Å². The summed E-state index contributed by atoms with van der Waals surface area (Å²) < 4.78 is 4.76. The molecule has 132 valence electrons. The Kier molecular flexibility index (Phi) is 4.93. The number of ether oxygens (including phenoxy) is 1. The zero-order valence-electron chi connectivity index (χ0n) is 14.0. The summed E-state index contributed by atoms with van der Waals surface area (Å²) in [5.41, 5.74) is 8.49. The first-order chi connectivity index (χ1) is 12.6. The average Bonchev–Trinajstić information content (AvgIpc) is 3.12. The fourth-order valence-corrected chi connectivity index (χ4v) is 2.52. The summed E-state index contributed by atoms with van der Waals surface area (Å²) in [4.78, 5) is 27.6. The van der Waals surface area contributed by atoms with Crippen LogP contribution in [0.15, 0.2) is 48.5 Å². The molecule has 26 heavy (non-hydrogen) atoms. The Bertz CT molecular complexity index is 951. The standard InChI is InChI=1S/C18H17N5O3/c1-26-17(25)12-7-4-6-11(9-12)14-8-3-2-5-13(14)10-20-16(24)15-21-18(19)23-22-15/h2-9H,10H2,1H3,(H,20,24)(H3,19,21,22,23). The Balaban J connectivity index is 1.82. The van der Waals surface area contributed by atoms with Gasteiger partial charge in [-0.15, -0.1) is 5.10 Å². The van der Waals surface area contributed by atoms with Crippen molar-refractivity contribution in [3.05, 3.63) is 65.5 Å². The maximum atomic E-state index is 12.1. The van der Waals surface area contributed by atoms with Crippen LogP contribution in [0.5, 0.6) is 0 Å². The molecule has 3 rings (SSSR count). The topological polar surface area (TPSA) is 123 Å². The van der Waals surface area contributed by atoms with Gasteiger partial charge in [0.25, 0.3) is 5.91 Å². The number of carbonyl (C=O) groups excluding carboxylic acids is 2. The van der Waals surface area contributed by atoms with Crippen LogP contribution < -0.4 is 11.1 Å². The van der Waals surface area contributed by atoms with Gasteiger partial charge in [0.2, 0.25) is 11.8 Å². The second-order valence-electron chi connectivity index (χ2n) is 5.45. The van der Waals surface area contributed by atoms with Crippen LogP contribution in [0.2, 0.25) is 0 Å². The summed E-state index contributed by atoms with van der Waals surface area (Å²) in [7, 11) is 1.34. The fourth-order valence-electron chi connectivity index (χ4n) is 2.52. The number of rotatable bonds is 5. The number of benzene rings is 2. The molecule has 0 aliphatic heterocycles. The van der Waals surface area contributed by atoms with Gasteiger partial charge in [0.1, 0.15) is 0 Å². The highest BCUT2D eigenvalue weighted by molar-refractivity contribution is 5.92. The van der Waals surface area contributed by atoms with Crippen LogP contribution >= 0.6 is 0 Å². The Labute approximate surface area is 149 Å². The van der Waals surface area contributed by atoms with E-state index >= 15 is 0 Å². The summed E-state index contributed by atoms with van der Waals surface area (Å²) in [5, 5.41) is 8.86. The van der Waals surface area contributed by atoms with E-state index in [1.165, 1.54) is 7.11 Å². The van der Waals surface area contributed by atoms with Crippen molar-refractivity contribution in [1.82, 2.24) is 20.5 Å². The van der Waals surface area contributed by atoms with Gasteiger partial charge in [0.05, 0.1) is 12.7 Å². The molecule has 3 aromatic rings. The fraction of sp³-hybridized carbons (Fsp3) is 0.111. The summed E-state index contributed by atoms with van der Waals surface area (Å²) >= 11 is 0. The molecular weight excluding hydrogens is 334 g/mol. The number of hydrogen-bond donors (Lipinski definition) is 3. The lowest BCUT2D eigenvalue weighted by atomic mass is 9.98. The third kappa shape index (κ3) is 3.69. The number of H-pyrrole nitrogens is 1. The van der Waals surface area contributed by atoms with Gasteiger partial charge in [-0.3, -0.25) is 9.89 Å². The third-order valence-corrected chi connectivity index (χ3v) is 3.77. The lowest BCUT2D eigenvalue weighted by molar-refractivity contribution is 0.0600. The summed E-state index contributed by atoms with van der Waals surface area (Å²) in [6.07, 6.45) is 0. The molecular formula is C18H17N5O3. The average molecular weight is 351 g/mol. The molecule has 8 nitrogen and oxygen atoms in total. The number of aromatic nitrogens is 3. The second-order valence-corrected chi connectivity index (χ2v) is 5.45. The molecule has 0 bridgehead atoms. The van der Waals surface area contributed by atoms with Crippen LogP contribution in [0.25, 0.3) is 11.1 Å². The molecule has 1 aromatic heterocycles. The zero-order valence-corrected chi connectivity index (χ0v) is 14.0. The van der Waals surface area contributed by atoms with Crippen LogP contribution in [0.3, 0.4) is 0 Å². The summed E-state index contributed by atoms with van der Waals surface area (Å²) in [6.45, 7) is 0.276. The number of esters is 1. The Morgan fingerprint density at radius 1 is 1.19 bits per heavy atom. The van der Waals surface area contributed by atoms with Gasteiger partial charge in [0, 0.05) is 6.54 Å². The van der Waals surface area contributed by atoms with E-state index < -0.39 is 11.9 Å². The number of nitrogen functional groups attached to an aromatic ring is 1.